The summed E-state index contributed by atoms with van der Waals surface area (Å²) in [6.45, 7) is 6.25. The van der Waals surface area contributed by atoms with Gasteiger partial charge in [-0.2, -0.15) is 0 Å². The smallest absolute Gasteiger partial charge is 0.0828 e. The number of aliphatic hydroxyl groups is 1. The summed E-state index contributed by atoms with van der Waals surface area (Å²) in [6, 6.07) is 0. The zero-order valence-electron chi connectivity index (χ0n) is 7.72. The van der Waals surface area contributed by atoms with Gasteiger partial charge in [0.15, 0.2) is 0 Å². The molecule has 1 aliphatic carbocycles. The molecule has 1 aliphatic rings. The molecule has 0 heterocycles. The van der Waals surface area contributed by atoms with Crippen molar-refractivity contribution < 1.29 is 5.11 Å². The fourth-order valence-electron chi connectivity index (χ4n) is 1.77. The summed E-state index contributed by atoms with van der Waals surface area (Å²) >= 11 is 0. The highest BCUT2D eigenvalue weighted by atomic mass is 16.3. The highest BCUT2D eigenvalue weighted by Gasteiger charge is 2.28. The largest absolute Gasteiger partial charge is 0.386 e. The van der Waals surface area contributed by atoms with Crippen LogP contribution in [0.25, 0.3) is 0 Å². The van der Waals surface area contributed by atoms with Crippen LogP contribution in [0.5, 0.6) is 0 Å². The van der Waals surface area contributed by atoms with Crippen molar-refractivity contribution in [2.45, 2.75) is 45.6 Å². The summed E-state index contributed by atoms with van der Waals surface area (Å²) in [5, 5.41) is 9.88. The molecule has 1 rings (SSSR count). The number of hydrogen-bond acceptors (Lipinski definition) is 1. The van der Waals surface area contributed by atoms with Gasteiger partial charge >= 0.3 is 0 Å². The van der Waals surface area contributed by atoms with Gasteiger partial charge in [-0.25, -0.2) is 0 Å². The minimum atomic E-state index is -0.513. The zero-order valence-corrected chi connectivity index (χ0v) is 7.72. The Morgan fingerprint density at radius 1 is 1.73 bits per heavy atom. The highest BCUT2D eigenvalue weighted by Crippen LogP contribution is 2.32. The molecule has 1 N–H and O–H groups in total. The van der Waals surface area contributed by atoms with Gasteiger partial charge in [0.1, 0.15) is 0 Å². The van der Waals surface area contributed by atoms with Crippen molar-refractivity contribution in [1.82, 2.24) is 0 Å². The van der Waals surface area contributed by atoms with Crippen LogP contribution in [0.2, 0.25) is 0 Å². The van der Waals surface area contributed by atoms with E-state index in [4.69, 9.17) is 0 Å². The van der Waals surface area contributed by atoms with Crippen LogP contribution in [0.3, 0.4) is 0 Å². The van der Waals surface area contributed by atoms with Crippen molar-refractivity contribution in [3.8, 4) is 0 Å². The fourth-order valence-corrected chi connectivity index (χ4v) is 1.77. The molecule has 0 unspecified atom stereocenters. The molecule has 0 aromatic carbocycles. The van der Waals surface area contributed by atoms with Gasteiger partial charge in [0.05, 0.1) is 5.60 Å². The number of rotatable bonds is 1. The molecule has 0 saturated carbocycles. The second-order valence-electron chi connectivity index (χ2n) is 3.84. The van der Waals surface area contributed by atoms with E-state index in [2.05, 4.69) is 19.9 Å². The minimum absolute atomic E-state index is 0.513. The molecule has 0 amide bonds. The van der Waals surface area contributed by atoms with E-state index in [1.54, 1.807) is 0 Å². The summed E-state index contributed by atoms with van der Waals surface area (Å²) in [4.78, 5) is 0. The van der Waals surface area contributed by atoms with Crippen molar-refractivity contribution in [1.29, 1.82) is 0 Å². The Morgan fingerprint density at radius 2 is 2.36 bits per heavy atom. The molecule has 0 fully saturated rings. The lowest BCUT2D eigenvalue weighted by molar-refractivity contribution is 0.0727. The van der Waals surface area contributed by atoms with Gasteiger partial charge in [0, 0.05) is 0 Å². The van der Waals surface area contributed by atoms with Gasteiger partial charge in [-0.15, -0.1) is 0 Å². The van der Waals surface area contributed by atoms with Crippen LogP contribution in [-0.4, -0.2) is 10.7 Å². The summed E-state index contributed by atoms with van der Waals surface area (Å²) in [7, 11) is 0. The molecule has 2 atom stereocenters. The third kappa shape index (κ3) is 1.84. The van der Waals surface area contributed by atoms with Crippen LogP contribution in [0, 0.1) is 5.92 Å². The molecule has 0 bridgehead atoms. The lowest BCUT2D eigenvalue weighted by Crippen LogP contribution is -2.30. The first-order valence-electron chi connectivity index (χ1n) is 4.50. The maximum absolute atomic E-state index is 9.88. The van der Waals surface area contributed by atoms with Gasteiger partial charge in [0.25, 0.3) is 0 Å². The van der Waals surface area contributed by atoms with E-state index in [-0.39, 0.29) is 0 Å². The second kappa shape index (κ2) is 2.98. The predicted octanol–water partition coefficient (Wildman–Crippen LogP) is 2.50. The van der Waals surface area contributed by atoms with E-state index >= 15 is 0 Å². The molecule has 0 radical (unpaired) electrons. The van der Waals surface area contributed by atoms with Crippen LogP contribution < -0.4 is 0 Å². The van der Waals surface area contributed by atoms with Gasteiger partial charge in [-0.1, -0.05) is 19.9 Å². The van der Waals surface area contributed by atoms with Crippen molar-refractivity contribution in [2.24, 2.45) is 5.92 Å². The monoisotopic (exact) mass is 154 g/mol. The molecule has 0 saturated heterocycles. The number of allylic oxidation sites excluding steroid dienone is 1. The topological polar surface area (TPSA) is 20.2 Å². The van der Waals surface area contributed by atoms with E-state index in [1.165, 1.54) is 5.57 Å². The zero-order chi connectivity index (χ0) is 8.48. The number of hydrogen-bond donors (Lipinski definition) is 1. The Kier molecular flexibility index (Phi) is 2.38. The molecule has 1 heteroatoms. The van der Waals surface area contributed by atoms with E-state index < -0.39 is 5.60 Å². The molecule has 11 heavy (non-hydrogen) atoms. The predicted molar refractivity (Wildman–Crippen MR) is 47.4 cm³/mol. The third-order valence-corrected chi connectivity index (χ3v) is 2.64. The first-order chi connectivity index (χ1) is 5.06. The second-order valence-corrected chi connectivity index (χ2v) is 3.84. The van der Waals surface area contributed by atoms with Crippen LogP contribution in [0.1, 0.15) is 40.0 Å². The lowest BCUT2D eigenvalue weighted by Gasteiger charge is -2.32. The maximum Gasteiger partial charge on any atom is 0.0828 e. The average molecular weight is 154 g/mol. The van der Waals surface area contributed by atoms with E-state index in [1.807, 2.05) is 6.92 Å². The minimum Gasteiger partial charge on any atom is -0.386 e. The Balaban J connectivity index is 2.80. The van der Waals surface area contributed by atoms with Gasteiger partial charge < -0.3 is 5.11 Å². The first kappa shape index (κ1) is 8.79. The highest BCUT2D eigenvalue weighted by molar-refractivity contribution is 5.18. The standard InChI is InChI=1S/C10H18O/c1-4-9-7-8(2)5-6-10(9,3)11/h7-8,11H,4-6H2,1-3H3/t8-,10+/m1/s1. The fraction of sp³-hybridized carbons (Fsp3) is 0.800. The lowest BCUT2D eigenvalue weighted by atomic mass is 9.79. The van der Waals surface area contributed by atoms with E-state index in [9.17, 15) is 5.11 Å². The Hall–Kier alpha value is -0.300. The summed E-state index contributed by atoms with van der Waals surface area (Å²) in [6.07, 6.45) is 5.26. The summed E-state index contributed by atoms with van der Waals surface area (Å²) in [5.41, 5.74) is 0.706. The summed E-state index contributed by atoms with van der Waals surface area (Å²) in [5.74, 6) is 0.658. The van der Waals surface area contributed by atoms with Crippen molar-refractivity contribution in [3.05, 3.63) is 11.6 Å². The summed E-state index contributed by atoms with van der Waals surface area (Å²) < 4.78 is 0. The molecule has 64 valence electrons. The molecule has 0 aromatic heterocycles. The van der Waals surface area contributed by atoms with Crippen LogP contribution in [-0.2, 0) is 0 Å². The van der Waals surface area contributed by atoms with Crippen LogP contribution in [0.4, 0.5) is 0 Å². The quantitative estimate of drug-likeness (QED) is 0.575. The van der Waals surface area contributed by atoms with Gasteiger partial charge in [-0.3, -0.25) is 0 Å². The third-order valence-electron chi connectivity index (χ3n) is 2.64. The molecular formula is C10H18O. The molecule has 0 aliphatic heterocycles. The molecule has 0 spiro atoms. The Labute approximate surface area is 69.1 Å². The Bertz CT molecular complexity index is 168. The Morgan fingerprint density at radius 3 is 2.82 bits per heavy atom. The van der Waals surface area contributed by atoms with Gasteiger partial charge in [-0.05, 0) is 37.7 Å². The van der Waals surface area contributed by atoms with Gasteiger partial charge in [0.2, 0.25) is 0 Å². The van der Waals surface area contributed by atoms with Crippen LogP contribution >= 0.6 is 0 Å². The molecular weight excluding hydrogens is 136 g/mol. The molecule has 1 nitrogen and oxygen atoms in total. The first-order valence-corrected chi connectivity index (χ1v) is 4.50. The normalized spacial score (nSPS) is 38.5. The van der Waals surface area contributed by atoms with Crippen molar-refractivity contribution in [3.63, 3.8) is 0 Å². The van der Waals surface area contributed by atoms with Crippen molar-refractivity contribution in [2.75, 3.05) is 0 Å². The SMILES string of the molecule is CCC1=C[C@H](C)CC[C@]1(C)O. The van der Waals surface area contributed by atoms with E-state index in [0.717, 1.165) is 19.3 Å². The van der Waals surface area contributed by atoms with Crippen molar-refractivity contribution >= 4 is 0 Å². The average Bonchev–Trinajstić information content (AvgIpc) is 1.94. The van der Waals surface area contributed by atoms with E-state index in [0.29, 0.717) is 5.92 Å². The maximum atomic E-state index is 9.88. The molecule has 0 aromatic rings. The van der Waals surface area contributed by atoms with Crippen LogP contribution in [0.15, 0.2) is 11.6 Å².